The number of aliphatic hydroxyl groups excluding tert-OH is 4. The summed E-state index contributed by atoms with van der Waals surface area (Å²) < 4.78 is 9.84. The van der Waals surface area contributed by atoms with Gasteiger partial charge in [0.1, 0.15) is 24.4 Å². The average molecular weight is 356 g/mol. The predicted molar refractivity (Wildman–Crippen MR) is 83.6 cm³/mol. The summed E-state index contributed by atoms with van der Waals surface area (Å²) in [5, 5.41) is 58.2. The molecule has 1 aliphatic rings. The van der Waals surface area contributed by atoms with Crippen LogP contribution in [0.4, 0.5) is 0 Å². The highest BCUT2D eigenvalue weighted by atomic mass is 16.7. The predicted octanol–water partition coefficient (Wildman–Crippen LogP) is -1.85. The molecule has 25 heavy (non-hydrogen) atoms. The molecule has 1 aromatic rings. The van der Waals surface area contributed by atoms with Crippen LogP contribution < -0.4 is 4.74 Å². The smallest absolute Gasteiger partial charge is 0.260 e. The summed E-state index contributed by atoms with van der Waals surface area (Å²) >= 11 is 0. The molecule has 9 nitrogen and oxygen atoms in total. The van der Waals surface area contributed by atoms with Gasteiger partial charge in [-0.15, -0.1) is 0 Å². The van der Waals surface area contributed by atoms with Crippen LogP contribution in [0.1, 0.15) is 5.56 Å². The number of phenolic OH excluding ortho intramolecular Hbond substituents is 1. The Kier molecular flexibility index (Phi) is 5.78. The molecule has 9 heteroatoms. The monoisotopic (exact) mass is 356 g/mol. The first-order chi connectivity index (χ1) is 11.7. The van der Waals surface area contributed by atoms with Gasteiger partial charge in [0.25, 0.3) is 5.79 Å². The summed E-state index contributed by atoms with van der Waals surface area (Å²) in [6.45, 7) is -0.778. The van der Waals surface area contributed by atoms with Crippen LogP contribution in [0.2, 0.25) is 0 Å². The normalized spacial score (nSPS) is 32.7. The molecule has 0 aliphatic carbocycles. The van der Waals surface area contributed by atoms with E-state index < -0.39 is 42.6 Å². The quantitative estimate of drug-likeness (QED) is 0.333. The van der Waals surface area contributed by atoms with E-state index in [4.69, 9.17) is 14.6 Å². The number of aromatic hydroxyl groups is 1. The molecule has 0 unspecified atom stereocenters. The molecule has 0 spiro atoms. The van der Waals surface area contributed by atoms with Crippen molar-refractivity contribution in [2.45, 2.75) is 30.2 Å². The van der Waals surface area contributed by atoms with E-state index >= 15 is 0 Å². The Labute approximate surface area is 143 Å². The van der Waals surface area contributed by atoms with E-state index in [1.807, 2.05) is 0 Å². The average Bonchev–Trinajstić information content (AvgIpc) is 2.61. The summed E-state index contributed by atoms with van der Waals surface area (Å²) in [5.41, 5.74) is 0.441. The third kappa shape index (κ3) is 3.66. The number of carbonyl (C=O) groups is 1. The lowest BCUT2D eigenvalue weighted by Crippen LogP contribution is -2.67. The zero-order valence-corrected chi connectivity index (χ0v) is 13.3. The van der Waals surface area contributed by atoms with Crippen LogP contribution in [0.3, 0.4) is 0 Å². The minimum absolute atomic E-state index is 0.0986. The number of hydrogen-bond donors (Lipinski definition) is 6. The van der Waals surface area contributed by atoms with Gasteiger partial charge in [-0.25, -0.2) is 0 Å². The van der Waals surface area contributed by atoms with Gasteiger partial charge in [-0.3, -0.25) is 4.79 Å². The number of aliphatic hydroxyl groups is 5. The molecule has 0 aromatic heterocycles. The number of benzene rings is 1. The van der Waals surface area contributed by atoms with Crippen LogP contribution in [-0.2, 0) is 9.53 Å². The number of ketones is 1. The largest absolute Gasteiger partial charge is 0.504 e. The molecule has 1 heterocycles. The van der Waals surface area contributed by atoms with Crippen molar-refractivity contribution in [1.29, 1.82) is 0 Å². The Bertz CT molecular complexity index is 657. The molecule has 1 aromatic carbocycles. The van der Waals surface area contributed by atoms with Gasteiger partial charge in [0.05, 0.1) is 13.7 Å². The third-order valence-electron chi connectivity index (χ3n) is 3.95. The van der Waals surface area contributed by atoms with E-state index in [9.17, 15) is 30.3 Å². The molecule has 0 radical (unpaired) electrons. The van der Waals surface area contributed by atoms with Gasteiger partial charge >= 0.3 is 0 Å². The molecule has 1 saturated heterocycles. The van der Waals surface area contributed by atoms with Crippen molar-refractivity contribution in [2.24, 2.45) is 0 Å². The Morgan fingerprint density at radius 2 is 2.00 bits per heavy atom. The number of phenols is 1. The number of hydrogen-bond acceptors (Lipinski definition) is 9. The fourth-order valence-electron chi connectivity index (χ4n) is 2.45. The van der Waals surface area contributed by atoms with Crippen molar-refractivity contribution in [1.82, 2.24) is 0 Å². The fraction of sp³-hybridized carbons (Fsp3) is 0.438. The molecule has 1 fully saturated rings. The molecule has 5 atom stereocenters. The maximum absolute atomic E-state index is 12.3. The Hall–Kier alpha value is -2.01. The van der Waals surface area contributed by atoms with Crippen molar-refractivity contribution in [3.63, 3.8) is 0 Å². The van der Waals surface area contributed by atoms with E-state index in [0.717, 1.165) is 6.08 Å². The molecule has 2 rings (SSSR count). The van der Waals surface area contributed by atoms with E-state index in [1.165, 1.54) is 31.4 Å². The molecular formula is C16H20O9. The fourth-order valence-corrected chi connectivity index (χ4v) is 2.45. The third-order valence-corrected chi connectivity index (χ3v) is 3.95. The maximum Gasteiger partial charge on any atom is 0.260 e. The van der Waals surface area contributed by atoms with Crippen LogP contribution in [0.15, 0.2) is 24.3 Å². The molecule has 0 saturated carbocycles. The van der Waals surface area contributed by atoms with E-state index in [1.54, 1.807) is 0 Å². The van der Waals surface area contributed by atoms with Gasteiger partial charge in [-0.2, -0.15) is 0 Å². The first-order valence-electron chi connectivity index (χ1n) is 7.39. The lowest BCUT2D eigenvalue weighted by Gasteiger charge is -2.43. The second-order valence-corrected chi connectivity index (χ2v) is 5.59. The Balaban J connectivity index is 2.23. The molecule has 1 aliphatic heterocycles. The second kappa shape index (κ2) is 7.48. The first kappa shape index (κ1) is 19.3. The highest BCUT2D eigenvalue weighted by Crippen LogP contribution is 2.30. The van der Waals surface area contributed by atoms with Gasteiger partial charge < -0.3 is 40.1 Å². The van der Waals surface area contributed by atoms with E-state index in [-0.39, 0.29) is 11.5 Å². The minimum Gasteiger partial charge on any atom is -0.504 e. The molecule has 6 N–H and O–H groups in total. The van der Waals surface area contributed by atoms with E-state index in [2.05, 4.69) is 0 Å². The summed E-state index contributed by atoms with van der Waals surface area (Å²) in [6, 6.07) is 4.24. The second-order valence-electron chi connectivity index (χ2n) is 5.59. The van der Waals surface area contributed by atoms with Gasteiger partial charge in [0.2, 0.25) is 5.78 Å². The molecule has 0 amide bonds. The number of ether oxygens (including phenoxy) is 2. The van der Waals surface area contributed by atoms with Crippen LogP contribution >= 0.6 is 0 Å². The SMILES string of the molecule is COc1cc(C=CC(=O)[C@@]2(O)O[C@H](CO)[C@@H](O)[C@H](O)[C@H]2O)ccc1O. The van der Waals surface area contributed by atoms with E-state index in [0.29, 0.717) is 5.56 Å². The summed E-state index contributed by atoms with van der Waals surface area (Å²) in [6.07, 6.45) is -4.95. The Morgan fingerprint density at radius 1 is 1.32 bits per heavy atom. The maximum atomic E-state index is 12.3. The van der Waals surface area contributed by atoms with Gasteiger partial charge in [0, 0.05) is 0 Å². The number of carbonyl (C=O) groups excluding carboxylic acids is 1. The minimum atomic E-state index is -2.83. The standard InChI is InChI=1S/C16H20O9/c1-24-10-6-8(2-4-9(10)18)3-5-12(19)16(23)15(22)14(21)13(20)11(7-17)25-16/h2-6,11,13-15,17-18,20-23H,7H2,1H3/t11-,13-,14+,15-,16-/m1/s1. The van der Waals surface area contributed by atoms with Gasteiger partial charge in [-0.1, -0.05) is 12.1 Å². The lowest BCUT2D eigenvalue weighted by molar-refractivity contribution is -0.329. The van der Waals surface area contributed by atoms with Crippen LogP contribution in [0, 0.1) is 0 Å². The number of methoxy groups -OCH3 is 1. The highest BCUT2D eigenvalue weighted by Gasteiger charge is 2.56. The summed E-state index contributed by atoms with van der Waals surface area (Å²) in [5.74, 6) is -3.86. The van der Waals surface area contributed by atoms with Gasteiger partial charge in [0.15, 0.2) is 11.5 Å². The van der Waals surface area contributed by atoms with Crippen LogP contribution in [0.5, 0.6) is 11.5 Å². The topological polar surface area (TPSA) is 157 Å². The lowest BCUT2D eigenvalue weighted by atomic mass is 9.90. The first-order valence-corrected chi connectivity index (χ1v) is 7.39. The summed E-state index contributed by atoms with van der Waals surface area (Å²) in [7, 11) is 1.35. The molecule has 138 valence electrons. The zero-order chi connectivity index (χ0) is 18.8. The van der Waals surface area contributed by atoms with Crippen molar-refractivity contribution in [2.75, 3.05) is 13.7 Å². The van der Waals surface area contributed by atoms with Gasteiger partial charge in [-0.05, 0) is 23.8 Å². The van der Waals surface area contributed by atoms with Crippen molar-refractivity contribution in [3.05, 3.63) is 29.8 Å². The van der Waals surface area contributed by atoms with Crippen molar-refractivity contribution >= 4 is 11.9 Å². The van der Waals surface area contributed by atoms with Crippen molar-refractivity contribution in [3.8, 4) is 11.5 Å². The highest BCUT2D eigenvalue weighted by molar-refractivity contribution is 5.99. The Morgan fingerprint density at radius 3 is 2.60 bits per heavy atom. The van der Waals surface area contributed by atoms with Crippen molar-refractivity contribution < 1.29 is 44.9 Å². The molecular weight excluding hydrogens is 336 g/mol. The summed E-state index contributed by atoms with van der Waals surface area (Å²) in [4.78, 5) is 12.3. The zero-order valence-electron chi connectivity index (χ0n) is 13.3. The van der Waals surface area contributed by atoms with Crippen LogP contribution in [-0.4, -0.2) is 80.3 Å². The van der Waals surface area contributed by atoms with Crippen LogP contribution in [0.25, 0.3) is 6.08 Å². The number of rotatable bonds is 5. The molecule has 0 bridgehead atoms.